The molecule has 0 spiro atoms. The summed E-state index contributed by atoms with van der Waals surface area (Å²) in [4.78, 5) is 9.40. The molecule has 0 saturated carbocycles. The molecule has 2 aromatic rings. The van der Waals surface area contributed by atoms with Gasteiger partial charge in [0.15, 0.2) is 0 Å². The molecule has 3 rings (SSSR count). The molecule has 1 aliphatic heterocycles. The molecule has 0 aliphatic carbocycles. The molecule has 21 heavy (non-hydrogen) atoms. The van der Waals surface area contributed by atoms with E-state index in [9.17, 15) is 5.11 Å². The molecular weight excluding hydrogens is 262 g/mol. The summed E-state index contributed by atoms with van der Waals surface area (Å²) in [5.74, 6) is 0. The zero-order valence-corrected chi connectivity index (χ0v) is 12.8. The third kappa shape index (κ3) is 2.74. The number of fused-ring (bicyclic) bond motifs is 1. The maximum atomic E-state index is 9.47. The van der Waals surface area contributed by atoms with Gasteiger partial charge in [0.25, 0.3) is 0 Å². The summed E-state index contributed by atoms with van der Waals surface area (Å²) in [6.07, 6.45) is 1.16. The summed E-state index contributed by atoms with van der Waals surface area (Å²) in [7, 11) is 2.20. The van der Waals surface area contributed by atoms with E-state index in [4.69, 9.17) is 0 Å². The van der Waals surface area contributed by atoms with Gasteiger partial charge < -0.3 is 10.0 Å². The highest BCUT2D eigenvalue weighted by molar-refractivity contribution is 5.92. The van der Waals surface area contributed by atoms with Crippen molar-refractivity contribution in [2.45, 2.75) is 26.0 Å². The molecule has 0 bridgehead atoms. The van der Waals surface area contributed by atoms with Crippen LogP contribution in [0.25, 0.3) is 10.9 Å². The highest BCUT2D eigenvalue weighted by Crippen LogP contribution is 2.29. The van der Waals surface area contributed by atoms with Crippen molar-refractivity contribution in [1.82, 2.24) is 9.88 Å². The molecule has 1 atom stereocenters. The Kier molecular flexibility index (Phi) is 4.08. The molecule has 0 radical (unpaired) electrons. The van der Waals surface area contributed by atoms with Crippen LogP contribution in [0.3, 0.4) is 0 Å². The van der Waals surface area contributed by atoms with E-state index in [-0.39, 0.29) is 6.61 Å². The molecule has 1 aromatic carbocycles. The molecule has 1 saturated heterocycles. The second-order valence-electron chi connectivity index (χ2n) is 5.80. The number of benzene rings is 1. The van der Waals surface area contributed by atoms with Crippen molar-refractivity contribution >= 4 is 16.6 Å². The highest BCUT2D eigenvalue weighted by atomic mass is 16.3. The van der Waals surface area contributed by atoms with Gasteiger partial charge >= 0.3 is 0 Å². The zero-order chi connectivity index (χ0) is 14.8. The predicted molar refractivity (Wildman–Crippen MR) is 86.6 cm³/mol. The van der Waals surface area contributed by atoms with Gasteiger partial charge in [0.2, 0.25) is 0 Å². The lowest BCUT2D eigenvalue weighted by Gasteiger charge is -2.40. The monoisotopic (exact) mass is 285 g/mol. The Morgan fingerprint density at radius 2 is 2.10 bits per heavy atom. The number of aromatic nitrogens is 1. The van der Waals surface area contributed by atoms with Crippen molar-refractivity contribution in [1.29, 1.82) is 0 Å². The van der Waals surface area contributed by atoms with Crippen LogP contribution in [0.5, 0.6) is 0 Å². The average Bonchev–Trinajstić information content (AvgIpc) is 2.54. The fourth-order valence-electron chi connectivity index (χ4n) is 3.16. The van der Waals surface area contributed by atoms with E-state index < -0.39 is 0 Å². The minimum absolute atomic E-state index is 0.0111. The third-order valence-electron chi connectivity index (χ3n) is 4.50. The second kappa shape index (κ2) is 6.00. The Morgan fingerprint density at radius 3 is 2.86 bits per heavy atom. The largest absolute Gasteiger partial charge is 0.390 e. The molecule has 4 heteroatoms. The first-order valence-electron chi connectivity index (χ1n) is 7.67. The molecule has 1 aromatic heterocycles. The molecule has 1 fully saturated rings. The Bertz CT molecular complexity index is 628. The summed E-state index contributed by atoms with van der Waals surface area (Å²) in [5.41, 5.74) is 2.91. The number of rotatable bonds is 3. The predicted octanol–water partition coefficient (Wildman–Crippen LogP) is 2.26. The Hall–Kier alpha value is -1.65. The van der Waals surface area contributed by atoms with E-state index in [1.807, 2.05) is 18.2 Å². The van der Waals surface area contributed by atoms with Crippen LogP contribution in [0, 0.1) is 0 Å². The van der Waals surface area contributed by atoms with Gasteiger partial charge in [-0.05, 0) is 25.6 Å². The van der Waals surface area contributed by atoms with E-state index in [0.717, 1.165) is 37.3 Å². The van der Waals surface area contributed by atoms with Gasteiger partial charge in [-0.25, -0.2) is 0 Å². The number of hydrogen-bond acceptors (Lipinski definition) is 4. The van der Waals surface area contributed by atoms with Crippen LogP contribution >= 0.6 is 0 Å². The normalized spacial score (nSPS) is 20.1. The second-order valence-corrected chi connectivity index (χ2v) is 5.80. The van der Waals surface area contributed by atoms with E-state index in [0.29, 0.717) is 6.04 Å². The van der Waals surface area contributed by atoms with Gasteiger partial charge in [-0.3, -0.25) is 9.88 Å². The minimum atomic E-state index is -0.0111. The average molecular weight is 285 g/mol. The Morgan fingerprint density at radius 1 is 1.29 bits per heavy atom. The zero-order valence-electron chi connectivity index (χ0n) is 12.8. The SMILES string of the molecule is CCC1CN(c2cc(CO)nc3ccccc23)CCN1C. The lowest BCUT2D eigenvalue weighted by Crippen LogP contribution is -2.51. The van der Waals surface area contributed by atoms with Crippen molar-refractivity contribution in [3.05, 3.63) is 36.0 Å². The van der Waals surface area contributed by atoms with Crippen molar-refractivity contribution in [3.63, 3.8) is 0 Å². The lowest BCUT2D eigenvalue weighted by atomic mass is 10.1. The van der Waals surface area contributed by atoms with Crippen LogP contribution in [0.15, 0.2) is 30.3 Å². The number of nitrogens with zero attached hydrogens (tertiary/aromatic N) is 3. The number of piperazine rings is 1. The minimum Gasteiger partial charge on any atom is -0.390 e. The van der Waals surface area contributed by atoms with Gasteiger partial charge in [0.05, 0.1) is 17.8 Å². The number of likely N-dealkylation sites (N-methyl/N-ethyl adjacent to an activating group) is 1. The van der Waals surface area contributed by atoms with Crippen LogP contribution in [0.4, 0.5) is 5.69 Å². The molecular formula is C17H23N3O. The quantitative estimate of drug-likeness (QED) is 0.939. The first kappa shape index (κ1) is 14.3. The van der Waals surface area contributed by atoms with Crippen LogP contribution in [-0.2, 0) is 6.61 Å². The summed E-state index contributed by atoms with van der Waals surface area (Å²) in [6.45, 7) is 5.36. The van der Waals surface area contributed by atoms with Gasteiger partial charge in [0.1, 0.15) is 0 Å². The van der Waals surface area contributed by atoms with Crippen LogP contribution in [-0.4, -0.2) is 47.7 Å². The number of pyridine rings is 1. The Balaban J connectivity index is 2.02. The Labute approximate surface area is 126 Å². The number of aliphatic hydroxyl groups excluding tert-OH is 1. The molecule has 2 heterocycles. The summed E-state index contributed by atoms with van der Waals surface area (Å²) < 4.78 is 0. The standard InChI is InChI=1S/C17H23N3O/c1-3-14-11-20(9-8-19(14)2)17-10-13(12-21)18-16-7-5-4-6-15(16)17/h4-7,10,14,21H,3,8-9,11-12H2,1-2H3. The fourth-order valence-corrected chi connectivity index (χ4v) is 3.16. The topological polar surface area (TPSA) is 39.6 Å². The summed E-state index contributed by atoms with van der Waals surface area (Å²) in [5, 5.41) is 10.6. The molecule has 112 valence electrons. The maximum Gasteiger partial charge on any atom is 0.0854 e. The van der Waals surface area contributed by atoms with Crippen molar-refractivity contribution in [2.24, 2.45) is 0 Å². The van der Waals surface area contributed by atoms with Crippen molar-refractivity contribution in [3.8, 4) is 0 Å². The highest BCUT2D eigenvalue weighted by Gasteiger charge is 2.24. The molecule has 1 N–H and O–H groups in total. The third-order valence-corrected chi connectivity index (χ3v) is 4.50. The van der Waals surface area contributed by atoms with Crippen molar-refractivity contribution in [2.75, 3.05) is 31.6 Å². The fraction of sp³-hybridized carbons (Fsp3) is 0.471. The van der Waals surface area contributed by atoms with Gasteiger partial charge in [0, 0.05) is 36.7 Å². The number of anilines is 1. The summed E-state index contributed by atoms with van der Waals surface area (Å²) >= 11 is 0. The maximum absolute atomic E-state index is 9.47. The first-order chi connectivity index (χ1) is 10.2. The van der Waals surface area contributed by atoms with Crippen LogP contribution < -0.4 is 4.90 Å². The molecule has 1 unspecified atom stereocenters. The molecule has 4 nitrogen and oxygen atoms in total. The van der Waals surface area contributed by atoms with Gasteiger partial charge in [-0.2, -0.15) is 0 Å². The summed E-state index contributed by atoms with van der Waals surface area (Å²) in [6, 6.07) is 10.8. The van der Waals surface area contributed by atoms with E-state index >= 15 is 0 Å². The van der Waals surface area contributed by atoms with E-state index in [2.05, 4.69) is 40.9 Å². The lowest BCUT2D eigenvalue weighted by molar-refractivity contribution is 0.213. The van der Waals surface area contributed by atoms with Crippen LogP contribution in [0.1, 0.15) is 19.0 Å². The molecule has 0 amide bonds. The van der Waals surface area contributed by atoms with Gasteiger partial charge in [-0.1, -0.05) is 25.1 Å². The number of para-hydroxylation sites is 1. The van der Waals surface area contributed by atoms with Crippen molar-refractivity contribution < 1.29 is 5.11 Å². The number of aliphatic hydroxyl groups is 1. The molecule has 1 aliphatic rings. The van der Waals surface area contributed by atoms with Gasteiger partial charge in [-0.15, -0.1) is 0 Å². The smallest absolute Gasteiger partial charge is 0.0854 e. The van der Waals surface area contributed by atoms with Crippen LogP contribution in [0.2, 0.25) is 0 Å². The first-order valence-corrected chi connectivity index (χ1v) is 7.67. The van der Waals surface area contributed by atoms with E-state index in [1.54, 1.807) is 0 Å². The number of hydrogen-bond donors (Lipinski definition) is 1. The van der Waals surface area contributed by atoms with E-state index in [1.165, 1.54) is 11.1 Å².